The second-order valence-electron chi connectivity index (χ2n) is 4.42. The maximum atomic E-state index is 13.6. The second kappa shape index (κ2) is 7.59. The number of methoxy groups -OCH3 is 1. The predicted molar refractivity (Wildman–Crippen MR) is 73.9 cm³/mol. The lowest BCUT2D eigenvalue weighted by atomic mass is 10.1. The maximum Gasteiger partial charge on any atom is 0.337 e. The lowest BCUT2D eigenvalue weighted by Crippen LogP contribution is -2.35. The van der Waals surface area contributed by atoms with Crippen molar-refractivity contribution in [3.05, 3.63) is 29.6 Å². The molecule has 110 valence electrons. The normalized spacial score (nSPS) is 11.8. The van der Waals surface area contributed by atoms with Crippen LogP contribution in [0.2, 0.25) is 0 Å². The molecule has 0 heterocycles. The lowest BCUT2D eigenvalue weighted by molar-refractivity contribution is -0.117. The Kier molecular flexibility index (Phi) is 6.11. The molecule has 1 amide bonds. The van der Waals surface area contributed by atoms with Gasteiger partial charge in [-0.1, -0.05) is 19.8 Å². The summed E-state index contributed by atoms with van der Waals surface area (Å²) in [5.41, 5.74) is 5.78. The summed E-state index contributed by atoms with van der Waals surface area (Å²) >= 11 is 0. The van der Waals surface area contributed by atoms with Crippen molar-refractivity contribution in [1.29, 1.82) is 0 Å². The van der Waals surface area contributed by atoms with Gasteiger partial charge in [0.25, 0.3) is 0 Å². The highest BCUT2D eigenvalue weighted by Gasteiger charge is 2.16. The summed E-state index contributed by atoms with van der Waals surface area (Å²) in [6.45, 7) is 1.99. The Morgan fingerprint density at radius 3 is 2.75 bits per heavy atom. The molecule has 0 bridgehead atoms. The molecule has 1 rings (SSSR count). The minimum Gasteiger partial charge on any atom is -0.465 e. The number of rotatable bonds is 6. The Balaban J connectivity index is 2.80. The molecule has 6 heteroatoms. The van der Waals surface area contributed by atoms with Crippen molar-refractivity contribution in [3.8, 4) is 0 Å². The minimum atomic E-state index is -0.698. The quantitative estimate of drug-likeness (QED) is 0.783. The van der Waals surface area contributed by atoms with Gasteiger partial charge in [0.05, 0.1) is 24.4 Å². The van der Waals surface area contributed by atoms with Crippen molar-refractivity contribution < 1.29 is 18.7 Å². The van der Waals surface area contributed by atoms with E-state index in [2.05, 4.69) is 10.1 Å². The molecule has 3 N–H and O–H groups in total. The van der Waals surface area contributed by atoms with E-state index in [4.69, 9.17) is 5.73 Å². The molecule has 20 heavy (non-hydrogen) atoms. The first-order valence-electron chi connectivity index (χ1n) is 6.44. The highest BCUT2D eigenvalue weighted by Crippen LogP contribution is 2.17. The fourth-order valence-corrected chi connectivity index (χ4v) is 1.65. The SMILES string of the molecule is CCCC[C@H](N)C(=O)Nc1cc(C(=O)OC)ccc1F. The molecule has 0 spiro atoms. The van der Waals surface area contributed by atoms with Gasteiger partial charge in [0, 0.05) is 0 Å². The monoisotopic (exact) mass is 282 g/mol. The van der Waals surface area contributed by atoms with Crippen LogP contribution in [0, 0.1) is 5.82 Å². The zero-order chi connectivity index (χ0) is 15.1. The third-order valence-electron chi connectivity index (χ3n) is 2.85. The van der Waals surface area contributed by atoms with Crippen LogP contribution in [0.25, 0.3) is 0 Å². The van der Waals surface area contributed by atoms with Crippen molar-refractivity contribution in [2.75, 3.05) is 12.4 Å². The molecule has 0 saturated heterocycles. The maximum absolute atomic E-state index is 13.6. The van der Waals surface area contributed by atoms with Crippen LogP contribution in [0.3, 0.4) is 0 Å². The molecular weight excluding hydrogens is 263 g/mol. The molecule has 0 radical (unpaired) electrons. The smallest absolute Gasteiger partial charge is 0.337 e. The number of unbranched alkanes of at least 4 members (excludes halogenated alkanes) is 1. The summed E-state index contributed by atoms with van der Waals surface area (Å²) in [5.74, 6) is -1.70. The molecule has 0 aliphatic rings. The highest BCUT2D eigenvalue weighted by molar-refractivity contribution is 5.96. The zero-order valence-corrected chi connectivity index (χ0v) is 11.6. The zero-order valence-electron chi connectivity index (χ0n) is 11.6. The molecular formula is C14H19FN2O3. The lowest BCUT2D eigenvalue weighted by Gasteiger charge is -2.13. The largest absolute Gasteiger partial charge is 0.465 e. The first-order chi connectivity index (χ1) is 9.49. The Hall–Kier alpha value is -1.95. The predicted octanol–water partition coefficient (Wildman–Crippen LogP) is 2.07. The van der Waals surface area contributed by atoms with Crippen LogP contribution in [-0.2, 0) is 9.53 Å². The van der Waals surface area contributed by atoms with Crippen LogP contribution in [-0.4, -0.2) is 25.0 Å². The number of ether oxygens (including phenoxy) is 1. The number of nitrogens with one attached hydrogen (secondary N) is 1. The first-order valence-corrected chi connectivity index (χ1v) is 6.44. The van der Waals surface area contributed by atoms with Gasteiger partial charge < -0.3 is 15.8 Å². The van der Waals surface area contributed by atoms with Crippen molar-refractivity contribution in [1.82, 2.24) is 0 Å². The van der Waals surface area contributed by atoms with Crippen molar-refractivity contribution in [3.63, 3.8) is 0 Å². The van der Waals surface area contributed by atoms with E-state index in [1.807, 2.05) is 6.92 Å². The van der Waals surface area contributed by atoms with Crippen LogP contribution in [0.1, 0.15) is 36.5 Å². The molecule has 0 unspecified atom stereocenters. The molecule has 0 aliphatic carbocycles. The number of amides is 1. The average Bonchev–Trinajstić information content (AvgIpc) is 2.45. The van der Waals surface area contributed by atoms with Gasteiger partial charge in [-0.05, 0) is 24.6 Å². The Labute approximate surface area is 117 Å². The average molecular weight is 282 g/mol. The van der Waals surface area contributed by atoms with E-state index in [0.29, 0.717) is 6.42 Å². The molecule has 0 aliphatic heterocycles. The number of hydrogen-bond acceptors (Lipinski definition) is 4. The van der Waals surface area contributed by atoms with Crippen molar-refractivity contribution in [2.45, 2.75) is 32.2 Å². The number of carbonyl (C=O) groups is 2. The Morgan fingerprint density at radius 2 is 2.15 bits per heavy atom. The Morgan fingerprint density at radius 1 is 1.45 bits per heavy atom. The number of nitrogens with two attached hydrogens (primary N) is 1. The second-order valence-corrected chi connectivity index (χ2v) is 4.42. The van der Waals surface area contributed by atoms with Gasteiger partial charge in [-0.15, -0.1) is 0 Å². The molecule has 0 aromatic heterocycles. The fraction of sp³-hybridized carbons (Fsp3) is 0.429. The number of halogens is 1. The Bertz CT molecular complexity index is 491. The van der Waals surface area contributed by atoms with Gasteiger partial charge in [-0.2, -0.15) is 0 Å². The van der Waals surface area contributed by atoms with Crippen LogP contribution in [0.4, 0.5) is 10.1 Å². The molecule has 0 fully saturated rings. The van der Waals surface area contributed by atoms with Crippen LogP contribution in [0.5, 0.6) is 0 Å². The summed E-state index contributed by atoms with van der Waals surface area (Å²) in [4.78, 5) is 23.2. The molecule has 1 aromatic rings. The molecule has 1 aromatic carbocycles. The van der Waals surface area contributed by atoms with Crippen LogP contribution < -0.4 is 11.1 Å². The highest BCUT2D eigenvalue weighted by atomic mass is 19.1. The first kappa shape index (κ1) is 16.1. The summed E-state index contributed by atoms with van der Waals surface area (Å²) in [6.07, 6.45) is 2.27. The van der Waals surface area contributed by atoms with Gasteiger partial charge in [-0.25, -0.2) is 9.18 Å². The summed E-state index contributed by atoms with van der Waals surface area (Å²) in [6, 6.07) is 2.91. The summed E-state index contributed by atoms with van der Waals surface area (Å²) < 4.78 is 18.1. The number of hydrogen-bond donors (Lipinski definition) is 2. The van der Waals surface area contributed by atoms with E-state index in [0.717, 1.165) is 18.9 Å². The van der Waals surface area contributed by atoms with Crippen molar-refractivity contribution in [2.24, 2.45) is 5.73 Å². The number of anilines is 1. The van der Waals surface area contributed by atoms with E-state index in [-0.39, 0.29) is 11.3 Å². The van der Waals surface area contributed by atoms with Gasteiger partial charge >= 0.3 is 5.97 Å². The van der Waals surface area contributed by atoms with E-state index in [9.17, 15) is 14.0 Å². The van der Waals surface area contributed by atoms with E-state index in [1.54, 1.807) is 0 Å². The van der Waals surface area contributed by atoms with E-state index in [1.165, 1.54) is 19.2 Å². The summed E-state index contributed by atoms with van der Waals surface area (Å²) in [7, 11) is 1.23. The third kappa shape index (κ3) is 4.31. The van der Waals surface area contributed by atoms with E-state index < -0.39 is 23.7 Å². The van der Waals surface area contributed by atoms with Gasteiger partial charge in [-0.3, -0.25) is 4.79 Å². The van der Waals surface area contributed by atoms with Gasteiger partial charge in [0.15, 0.2) is 0 Å². The minimum absolute atomic E-state index is 0.0788. The van der Waals surface area contributed by atoms with E-state index >= 15 is 0 Å². The summed E-state index contributed by atoms with van der Waals surface area (Å²) in [5, 5.41) is 2.39. The molecule has 0 saturated carbocycles. The van der Waals surface area contributed by atoms with Crippen LogP contribution >= 0.6 is 0 Å². The van der Waals surface area contributed by atoms with Crippen LogP contribution in [0.15, 0.2) is 18.2 Å². The van der Waals surface area contributed by atoms with Crippen molar-refractivity contribution >= 4 is 17.6 Å². The fourth-order valence-electron chi connectivity index (χ4n) is 1.65. The number of benzene rings is 1. The molecule has 1 atom stereocenters. The van der Waals surface area contributed by atoms with Gasteiger partial charge in [0.1, 0.15) is 5.82 Å². The standard InChI is InChI=1S/C14H19FN2O3/c1-3-4-5-11(16)13(18)17-12-8-9(14(19)20-2)6-7-10(12)15/h6-8,11H,3-5,16H2,1-2H3,(H,17,18)/t11-/m0/s1. The topological polar surface area (TPSA) is 81.4 Å². The number of carbonyl (C=O) groups excluding carboxylic acids is 2. The number of esters is 1. The molecule has 5 nitrogen and oxygen atoms in total. The third-order valence-corrected chi connectivity index (χ3v) is 2.85. The van der Waals surface area contributed by atoms with Gasteiger partial charge in [0.2, 0.25) is 5.91 Å².